The van der Waals surface area contributed by atoms with E-state index in [2.05, 4.69) is 35.9 Å². The van der Waals surface area contributed by atoms with Crippen LogP contribution in [0.3, 0.4) is 0 Å². The Bertz CT molecular complexity index is 1410. The van der Waals surface area contributed by atoms with E-state index in [0.717, 1.165) is 48.8 Å². The van der Waals surface area contributed by atoms with Gasteiger partial charge in [-0.15, -0.1) is 0 Å². The Labute approximate surface area is 290 Å². The highest BCUT2D eigenvalue weighted by Gasteiger charge is 2.72. The fourth-order valence-electron chi connectivity index (χ4n) is 5.22. The molecule has 0 aliphatic rings. The first-order chi connectivity index (χ1) is 23.7. The second-order valence-corrected chi connectivity index (χ2v) is 12.6. The van der Waals surface area contributed by atoms with E-state index in [1.54, 1.807) is 0 Å². The van der Waals surface area contributed by atoms with Gasteiger partial charge >= 0.3 is 24.0 Å². The minimum atomic E-state index is -6.35. The van der Waals surface area contributed by atoms with Crippen molar-refractivity contribution in [2.75, 3.05) is 19.8 Å². The second kappa shape index (κ2) is 19.7. The average Bonchev–Trinajstić information content (AvgIpc) is 3.08. The van der Waals surface area contributed by atoms with Gasteiger partial charge in [0, 0.05) is 6.61 Å². The molecule has 3 aromatic rings. The molecule has 1 atom stereocenters. The zero-order valence-electron chi connectivity index (χ0n) is 28.7. The number of unbranched alkanes of at least 4 members (excludes halogenated alkanes) is 6. The molecule has 0 radical (unpaired) electrons. The van der Waals surface area contributed by atoms with E-state index < -0.39 is 24.6 Å². The third-order valence-electron chi connectivity index (χ3n) is 8.36. The van der Waals surface area contributed by atoms with Gasteiger partial charge in [0.1, 0.15) is 12.4 Å². The topological polar surface area (TPSA) is 44.8 Å². The van der Waals surface area contributed by atoms with E-state index in [0.29, 0.717) is 37.2 Å². The van der Waals surface area contributed by atoms with Crippen LogP contribution >= 0.6 is 0 Å². The summed E-state index contributed by atoms with van der Waals surface area (Å²) in [6.07, 6.45) is 2.78. The summed E-state index contributed by atoms with van der Waals surface area (Å²) in [5.74, 6) is -11.1. The van der Waals surface area contributed by atoms with Crippen LogP contribution in [0.2, 0.25) is 0 Å². The number of carbonyl (C=O) groups is 1. The molecular weight excluding hydrogens is 665 g/mol. The number of ether oxygens (including phenoxy) is 3. The molecule has 0 heterocycles. The van der Waals surface area contributed by atoms with Crippen molar-refractivity contribution in [3.05, 3.63) is 89.5 Å². The molecule has 0 aromatic heterocycles. The lowest BCUT2D eigenvalue weighted by molar-refractivity contribution is -0.361. The minimum absolute atomic E-state index is 0.0913. The van der Waals surface area contributed by atoms with Gasteiger partial charge in [-0.05, 0) is 98.4 Å². The number of halogens is 7. The van der Waals surface area contributed by atoms with E-state index >= 15 is 0 Å². The lowest BCUT2D eigenvalue weighted by Gasteiger charge is -2.27. The summed E-state index contributed by atoms with van der Waals surface area (Å²) < 4.78 is 104. The quantitative estimate of drug-likeness (QED) is 0.0591. The van der Waals surface area contributed by atoms with Crippen LogP contribution in [0.4, 0.5) is 30.7 Å². The number of benzene rings is 3. The molecule has 0 saturated heterocycles. The van der Waals surface area contributed by atoms with Crippen LogP contribution in [0.25, 0.3) is 11.1 Å². The molecule has 0 spiro atoms. The van der Waals surface area contributed by atoms with Gasteiger partial charge in [-0.25, -0.2) is 4.79 Å². The Kier molecular flexibility index (Phi) is 16.1. The molecule has 3 rings (SSSR count). The average molecular weight is 713 g/mol. The summed E-state index contributed by atoms with van der Waals surface area (Å²) in [7, 11) is 0. The molecule has 276 valence electrons. The summed E-state index contributed by atoms with van der Waals surface area (Å²) in [6, 6.07) is 23.6. The molecule has 0 amide bonds. The van der Waals surface area contributed by atoms with Gasteiger partial charge in [0.05, 0.1) is 18.3 Å². The largest absolute Gasteiger partial charge is 0.494 e. The van der Waals surface area contributed by atoms with Crippen LogP contribution < -0.4 is 4.74 Å². The fraction of sp³-hybridized carbons (Fsp3) is 0.513. The van der Waals surface area contributed by atoms with Gasteiger partial charge in [0.2, 0.25) is 0 Å². The summed E-state index contributed by atoms with van der Waals surface area (Å²) in [6.45, 7) is 2.17. The van der Waals surface area contributed by atoms with E-state index in [1.165, 1.54) is 18.4 Å². The predicted octanol–water partition coefficient (Wildman–Crippen LogP) is 11.4. The number of esters is 1. The van der Waals surface area contributed by atoms with Gasteiger partial charge in [-0.2, -0.15) is 30.7 Å². The summed E-state index contributed by atoms with van der Waals surface area (Å²) in [4.78, 5) is 12.5. The molecule has 4 nitrogen and oxygen atoms in total. The molecule has 0 aliphatic heterocycles. The van der Waals surface area contributed by atoms with E-state index in [4.69, 9.17) is 9.47 Å². The monoisotopic (exact) mass is 712 g/mol. The van der Waals surface area contributed by atoms with Crippen LogP contribution in [-0.2, 0) is 22.3 Å². The first kappa shape index (κ1) is 40.8. The number of aryl methyl sites for hydroxylation is 2. The third kappa shape index (κ3) is 12.9. The van der Waals surface area contributed by atoms with Gasteiger partial charge < -0.3 is 14.2 Å². The van der Waals surface area contributed by atoms with Gasteiger partial charge in [0.15, 0.2) is 0 Å². The molecule has 11 heteroatoms. The van der Waals surface area contributed by atoms with E-state index in [9.17, 15) is 35.5 Å². The highest BCUT2D eigenvalue weighted by atomic mass is 19.4. The van der Waals surface area contributed by atoms with Crippen LogP contribution in [0.5, 0.6) is 5.75 Å². The maximum atomic E-state index is 13.2. The summed E-state index contributed by atoms with van der Waals surface area (Å²) in [5.41, 5.74) is 4.99. The lowest BCUT2D eigenvalue weighted by atomic mass is 10.00. The first-order valence-electron chi connectivity index (χ1n) is 17.3. The maximum Gasteiger partial charge on any atom is 0.459 e. The normalized spacial score (nSPS) is 12.9. The van der Waals surface area contributed by atoms with Gasteiger partial charge in [-0.3, -0.25) is 0 Å². The Hall–Kier alpha value is -3.60. The molecule has 3 aromatic carbocycles. The Balaban J connectivity index is 1.31. The zero-order chi connectivity index (χ0) is 36.6. The van der Waals surface area contributed by atoms with Crippen LogP contribution in [0.1, 0.15) is 93.1 Å². The Morgan fingerprint density at radius 3 is 1.74 bits per heavy atom. The maximum absolute atomic E-state index is 13.2. The van der Waals surface area contributed by atoms with Crippen molar-refractivity contribution in [2.45, 2.75) is 109 Å². The van der Waals surface area contributed by atoms with Crippen molar-refractivity contribution in [1.29, 1.82) is 0 Å². The molecule has 0 saturated carbocycles. The minimum Gasteiger partial charge on any atom is -0.494 e. The number of rotatable bonds is 22. The highest BCUT2D eigenvalue weighted by Crippen LogP contribution is 2.46. The van der Waals surface area contributed by atoms with Crippen molar-refractivity contribution < 1.29 is 49.7 Å². The van der Waals surface area contributed by atoms with Crippen molar-refractivity contribution in [3.63, 3.8) is 0 Å². The lowest BCUT2D eigenvalue weighted by Crippen LogP contribution is -2.54. The van der Waals surface area contributed by atoms with Crippen LogP contribution in [0, 0.1) is 0 Å². The molecular formula is C39H47F7O4. The molecule has 50 heavy (non-hydrogen) atoms. The smallest absolute Gasteiger partial charge is 0.459 e. The fourth-order valence-corrected chi connectivity index (χ4v) is 5.22. The molecule has 0 bridgehead atoms. The second-order valence-electron chi connectivity index (χ2n) is 12.6. The van der Waals surface area contributed by atoms with Crippen LogP contribution in [-0.4, -0.2) is 49.9 Å². The third-order valence-corrected chi connectivity index (χ3v) is 8.36. The standard InChI is InChI=1S/C39H47F7O4/c1-3-4-5-8-11-29(2)50-36(47)34-20-16-31(17-21-34)13-12-30-14-18-32(19-15-30)33-22-24-35(25-23-33)49-27-10-7-6-9-26-48-28-37(40,41)38(42,43)39(44,45)46/h14-25,29H,3-13,26-28H2,1-2H3. The van der Waals surface area contributed by atoms with Crippen molar-refractivity contribution in [2.24, 2.45) is 0 Å². The summed E-state index contributed by atoms with van der Waals surface area (Å²) in [5, 5.41) is 0. The highest BCUT2D eigenvalue weighted by molar-refractivity contribution is 5.89. The zero-order valence-corrected chi connectivity index (χ0v) is 28.7. The first-order valence-corrected chi connectivity index (χ1v) is 17.3. The van der Waals surface area contributed by atoms with Crippen LogP contribution in [0.15, 0.2) is 72.8 Å². The van der Waals surface area contributed by atoms with Gasteiger partial charge in [-0.1, -0.05) is 81.1 Å². The Morgan fingerprint density at radius 1 is 0.660 bits per heavy atom. The number of alkyl halides is 7. The van der Waals surface area contributed by atoms with Gasteiger partial charge in [0.25, 0.3) is 0 Å². The molecule has 1 unspecified atom stereocenters. The number of carbonyl (C=O) groups excluding carboxylic acids is 1. The van der Waals surface area contributed by atoms with E-state index in [-0.39, 0.29) is 25.1 Å². The predicted molar refractivity (Wildman–Crippen MR) is 180 cm³/mol. The molecule has 0 fully saturated rings. The van der Waals surface area contributed by atoms with Crippen molar-refractivity contribution in [1.82, 2.24) is 0 Å². The Morgan fingerprint density at radius 2 is 1.18 bits per heavy atom. The van der Waals surface area contributed by atoms with Crippen molar-refractivity contribution >= 4 is 5.97 Å². The number of hydrogen-bond acceptors (Lipinski definition) is 4. The molecule has 0 aliphatic carbocycles. The summed E-state index contributed by atoms with van der Waals surface area (Å²) >= 11 is 0. The SMILES string of the molecule is CCCCCCC(C)OC(=O)c1ccc(CCc2ccc(-c3ccc(OCCCCCCOCC(F)(F)C(F)(F)C(F)(F)F)cc3)cc2)cc1. The van der Waals surface area contributed by atoms with E-state index in [1.807, 2.05) is 55.5 Å². The van der Waals surface area contributed by atoms with Crippen molar-refractivity contribution in [3.8, 4) is 16.9 Å². The molecule has 0 N–H and O–H groups in total. The number of hydrogen-bond donors (Lipinski definition) is 0.